The molecule has 1 aromatic heterocycles. The Bertz CT molecular complexity index is 887. The molecule has 138 valence electrons. The molecular weight excluding hydrogens is 326 g/mol. The van der Waals surface area contributed by atoms with Gasteiger partial charge in [0, 0.05) is 24.6 Å². The predicted octanol–water partition coefficient (Wildman–Crippen LogP) is 3.43. The van der Waals surface area contributed by atoms with Gasteiger partial charge in [0.25, 0.3) is 11.5 Å². The van der Waals surface area contributed by atoms with E-state index < -0.39 is 0 Å². The van der Waals surface area contributed by atoms with Crippen LogP contribution >= 0.6 is 0 Å². The first-order valence-corrected chi connectivity index (χ1v) is 9.98. The smallest absolute Gasteiger partial charge is 0.261 e. The molecule has 1 fully saturated rings. The molecule has 5 nitrogen and oxygen atoms in total. The number of carbonyl (C=O) groups is 1. The van der Waals surface area contributed by atoms with E-state index in [0.29, 0.717) is 22.4 Å². The standard InChI is InChI=1S/C21H27N3O2/c1-14-7-4-5-8-17(14)23-20(25)15-10-11-16-18(13-15)22-19-9-3-2-6-12-24(19)21(16)26/h10-11,13-14,17H,2-9,12H2,1H3,(H,23,25)/t14-,17-/m0/s1. The summed E-state index contributed by atoms with van der Waals surface area (Å²) in [4.78, 5) is 30.2. The first-order valence-electron chi connectivity index (χ1n) is 9.98. The van der Waals surface area contributed by atoms with Gasteiger partial charge in [-0.2, -0.15) is 0 Å². The fourth-order valence-electron chi connectivity index (χ4n) is 4.34. The first kappa shape index (κ1) is 17.3. The molecule has 0 saturated heterocycles. The predicted molar refractivity (Wildman–Crippen MR) is 102 cm³/mol. The van der Waals surface area contributed by atoms with Crippen LogP contribution in [0.2, 0.25) is 0 Å². The van der Waals surface area contributed by atoms with Gasteiger partial charge in [-0.15, -0.1) is 0 Å². The molecule has 0 radical (unpaired) electrons. The van der Waals surface area contributed by atoms with Gasteiger partial charge in [0.05, 0.1) is 10.9 Å². The van der Waals surface area contributed by atoms with Crippen molar-refractivity contribution in [3.8, 4) is 0 Å². The SMILES string of the molecule is C[C@H]1CCCC[C@@H]1NC(=O)c1ccc2c(=O)n3c(nc2c1)CCCCC3. The summed E-state index contributed by atoms with van der Waals surface area (Å²) in [6.45, 7) is 2.96. The van der Waals surface area contributed by atoms with Crippen LogP contribution in [0.4, 0.5) is 0 Å². The molecule has 2 aliphatic rings. The summed E-state index contributed by atoms with van der Waals surface area (Å²) in [5, 5.41) is 3.80. The Morgan fingerprint density at radius 1 is 1.15 bits per heavy atom. The molecule has 5 heteroatoms. The number of fused-ring (bicyclic) bond motifs is 2. The Morgan fingerprint density at radius 2 is 2.00 bits per heavy atom. The van der Waals surface area contributed by atoms with Crippen LogP contribution in [-0.4, -0.2) is 21.5 Å². The lowest BCUT2D eigenvalue weighted by atomic mass is 9.86. The highest BCUT2D eigenvalue weighted by atomic mass is 16.1. The second-order valence-electron chi connectivity index (χ2n) is 7.87. The molecular formula is C21H27N3O2. The van der Waals surface area contributed by atoms with Crippen molar-refractivity contribution in [1.29, 1.82) is 0 Å². The number of aromatic nitrogens is 2. The molecule has 2 aromatic rings. The summed E-state index contributed by atoms with van der Waals surface area (Å²) < 4.78 is 1.82. The van der Waals surface area contributed by atoms with Crippen molar-refractivity contribution in [3.05, 3.63) is 39.9 Å². The molecule has 1 saturated carbocycles. The third-order valence-corrected chi connectivity index (χ3v) is 6.01. The molecule has 1 amide bonds. The summed E-state index contributed by atoms with van der Waals surface area (Å²) in [6.07, 6.45) is 8.71. The van der Waals surface area contributed by atoms with E-state index in [2.05, 4.69) is 12.2 Å². The van der Waals surface area contributed by atoms with Crippen LogP contribution in [0.1, 0.15) is 68.1 Å². The highest BCUT2D eigenvalue weighted by Crippen LogP contribution is 2.24. The Labute approximate surface area is 153 Å². The van der Waals surface area contributed by atoms with E-state index >= 15 is 0 Å². The maximum Gasteiger partial charge on any atom is 0.261 e. The van der Waals surface area contributed by atoms with Crippen LogP contribution in [0.3, 0.4) is 0 Å². The molecule has 1 aliphatic carbocycles. The normalized spacial score (nSPS) is 23.3. The molecule has 2 atom stereocenters. The van der Waals surface area contributed by atoms with E-state index in [4.69, 9.17) is 4.98 Å². The van der Waals surface area contributed by atoms with Crippen LogP contribution < -0.4 is 10.9 Å². The zero-order chi connectivity index (χ0) is 18.1. The number of amides is 1. The average Bonchev–Trinajstić information content (AvgIpc) is 2.89. The summed E-state index contributed by atoms with van der Waals surface area (Å²) in [7, 11) is 0. The molecule has 26 heavy (non-hydrogen) atoms. The highest BCUT2D eigenvalue weighted by molar-refractivity contribution is 5.97. The molecule has 1 N–H and O–H groups in total. The molecule has 0 bridgehead atoms. The average molecular weight is 353 g/mol. The maximum absolute atomic E-state index is 12.8. The molecule has 1 aliphatic heterocycles. The Kier molecular flexibility index (Phi) is 4.79. The minimum Gasteiger partial charge on any atom is -0.349 e. The van der Waals surface area contributed by atoms with Crippen molar-refractivity contribution in [2.45, 2.75) is 70.9 Å². The van der Waals surface area contributed by atoms with Gasteiger partial charge in [-0.25, -0.2) is 4.98 Å². The van der Waals surface area contributed by atoms with E-state index in [1.54, 1.807) is 18.2 Å². The lowest BCUT2D eigenvalue weighted by Crippen LogP contribution is -2.41. The van der Waals surface area contributed by atoms with E-state index in [-0.39, 0.29) is 17.5 Å². The topological polar surface area (TPSA) is 64.0 Å². The number of carbonyl (C=O) groups excluding carboxylic acids is 1. The van der Waals surface area contributed by atoms with E-state index in [9.17, 15) is 9.59 Å². The fourth-order valence-corrected chi connectivity index (χ4v) is 4.34. The summed E-state index contributed by atoms with van der Waals surface area (Å²) in [6, 6.07) is 5.56. The third kappa shape index (κ3) is 3.27. The summed E-state index contributed by atoms with van der Waals surface area (Å²) >= 11 is 0. The second kappa shape index (κ2) is 7.22. The lowest BCUT2D eigenvalue weighted by Gasteiger charge is -2.29. The van der Waals surface area contributed by atoms with Crippen molar-refractivity contribution in [2.24, 2.45) is 5.92 Å². The number of aryl methyl sites for hydroxylation is 1. The Morgan fingerprint density at radius 3 is 2.85 bits per heavy atom. The maximum atomic E-state index is 12.8. The highest BCUT2D eigenvalue weighted by Gasteiger charge is 2.23. The number of hydrogen-bond acceptors (Lipinski definition) is 3. The number of rotatable bonds is 2. The minimum absolute atomic E-state index is 0.0276. The van der Waals surface area contributed by atoms with Gasteiger partial charge in [-0.3, -0.25) is 14.2 Å². The summed E-state index contributed by atoms with van der Waals surface area (Å²) in [5.41, 5.74) is 1.27. The number of benzene rings is 1. The number of nitrogens with one attached hydrogen (secondary N) is 1. The van der Waals surface area contributed by atoms with Crippen molar-refractivity contribution >= 4 is 16.8 Å². The van der Waals surface area contributed by atoms with Crippen LogP contribution in [-0.2, 0) is 13.0 Å². The van der Waals surface area contributed by atoms with E-state index in [1.165, 1.54) is 19.3 Å². The Balaban J connectivity index is 1.64. The zero-order valence-corrected chi connectivity index (χ0v) is 15.5. The van der Waals surface area contributed by atoms with Gasteiger partial charge in [-0.05, 0) is 49.8 Å². The van der Waals surface area contributed by atoms with Crippen LogP contribution in [0.15, 0.2) is 23.0 Å². The molecule has 2 heterocycles. The summed E-state index contributed by atoms with van der Waals surface area (Å²) in [5.74, 6) is 1.33. The molecule has 0 spiro atoms. The molecule has 0 unspecified atom stereocenters. The number of nitrogens with zero attached hydrogens (tertiary/aromatic N) is 2. The third-order valence-electron chi connectivity index (χ3n) is 6.01. The van der Waals surface area contributed by atoms with Gasteiger partial charge >= 0.3 is 0 Å². The van der Waals surface area contributed by atoms with E-state index in [1.807, 2.05) is 4.57 Å². The van der Waals surface area contributed by atoms with Gasteiger partial charge in [0.1, 0.15) is 5.82 Å². The first-order chi connectivity index (χ1) is 12.6. The van der Waals surface area contributed by atoms with Gasteiger partial charge in [0.15, 0.2) is 0 Å². The lowest BCUT2D eigenvalue weighted by molar-refractivity contribution is 0.0910. The largest absolute Gasteiger partial charge is 0.349 e. The van der Waals surface area contributed by atoms with Crippen LogP contribution in [0, 0.1) is 5.92 Å². The van der Waals surface area contributed by atoms with Crippen molar-refractivity contribution < 1.29 is 4.79 Å². The van der Waals surface area contributed by atoms with Gasteiger partial charge < -0.3 is 5.32 Å². The zero-order valence-electron chi connectivity index (χ0n) is 15.5. The van der Waals surface area contributed by atoms with Crippen molar-refractivity contribution in [1.82, 2.24) is 14.9 Å². The van der Waals surface area contributed by atoms with E-state index in [0.717, 1.165) is 44.5 Å². The van der Waals surface area contributed by atoms with Crippen molar-refractivity contribution in [2.75, 3.05) is 0 Å². The van der Waals surface area contributed by atoms with Crippen LogP contribution in [0.5, 0.6) is 0 Å². The fraction of sp³-hybridized carbons (Fsp3) is 0.571. The van der Waals surface area contributed by atoms with Crippen molar-refractivity contribution in [3.63, 3.8) is 0 Å². The second-order valence-corrected chi connectivity index (χ2v) is 7.87. The van der Waals surface area contributed by atoms with Gasteiger partial charge in [-0.1, -0.05) is 26.2 Å². The number of hydrogen-bond donors (Lipinski definition) is 1. The quantitative estimate of drug-likeness (QED) is 0.899. The minimum atomic E-state index is -0.0532. The van der Waals surface area contributed by atoms with Crippen LogP contribution in [0.25, 0.3) is 10.9 Å². The Hall–Kier alpha value is -2.17. The molecule has 1 aromatic carbocycles. The monoisotopic (exact) mass is 353 g/mol. The van der Waals surface area contributed by atoms with Gasteiger partial charge in [0.2, 0.25) is 0 Å². The molecule has 4 rings (SSSR count).